The Bertz CT molecular complexity index is 461. The van der Waals surface area contributed by atoms with Crippen LogP contribution in [0.1, 0.15) is 39.0 Å². The van der Waals surface area contributed by atoms with Crippen LogP contribution >= 0.6 is 0 Å². The number of likely N-dealkylation sites (tertiary alicyclic amines) is 1. The molecule has 3 fully saturated rings. The highest BCUT2D eigenvalue weighted by Crippen LogP contribution is 2.34. The molecule has 1 N–H and O–H groups in total. The maximum absolute atomic E-state index is 12.8. The van der Waals surface area contributed by atoms with Gasteiger partial charge < -0.3 is 15.1 Å². The fourth-order valence-electron chi connectivity index (χ4n) is 3.43. The van der Waals surface area contributed by atoms with E-state index in [0.717, 1.165) is 25.7 Å². The molecule has 2 heterocycles. The van der Waals surface area contributed by atoms with Gasteiger partial charge in [-0.3, -0.25) is 14.4 Å². The number of piperazine rings is 1. The van der Waals surface area contributed by atoms with Gasteiger partial charge in [-0.15, -0.1) is 0 Å². The van der Waals surface area contributed by atoms with E-state index in [1.807, 2.05) is 6.92 Å². The van der Waals surface area contributed by atoms with Crippen LogP contribution in [0.15, 0.2) is 0 Å². The number of carbonyl (C=O) groups excluding carboxylic acids is 3. The van der Waals surface area contributed by atoms with Crippen molar-refractivity contribution in [3.05, 3.63) is 0 Å². The number of rotatable bonds is 3. The fraction of sp³-hybridized carbons (Fsp3) is 0.800. The SMILES string of the molecule is CCC1C(=O)NCCN1C(=O)C1CCCN1C(=O)C1CC1. The maximum Gasteiger partial charge on any atom is 0.246 e. The fourth-order valence-corrected chi connectivity index (χ4v) is 3.43. The molecule has 2 atom stereocenters. The van der Waals surface area contributed by atoms with Crippen LogP contribution in [-0.4, -0.2) is 59.2 Å². The number of nitrogens with one attached hydrogen (secondary N) is 1. The summed E-state index contributed by atoms with van der Waals surface area (Å²) in [4.78, 5) is 40.5. The van der Waals surface area contributed by atoms with E-state index in [0.29, 0.717) is 26.1 Å². The van der Waals surface area contributed by atoms with E-state index in [1.54, 1.807) is 9.80 Å². The van der Waals surface area contributed by atoms with Crippen molar-refractivity contribution in [1.82, 2.24) is 15.1 Å². The molecule has 3 rings (SSSR count). The first-order valence-electron chi connectivity index (χ1n) is 8.02. The summed E-state index contributed by atoms with van der Waals surface area (Å²) >= 11 is 0. The third kappa shape index (κ3) is 2.63. The highest BCUT2D eigenvalue weighted by Gasteiger charge is 2.44. The van der Waals surface area contributed by atoms with E-state index in [-0.39, 0.29) is 35.7 Å². The van der Waals surface area contributed by atoms with Crippen LogP contribution in [0, 0.1) is 5.92 Å². The Kier molecular flexibility index (Phi) is 3.87. The molecular weight excluding hydrogens is 270 g/mol. The summed E-state index contributed by atoms with van der Waals surface area (Å²) in [6, 6.07) is -0.734. The molecule has 3 amide bonds. The lowest BCUT2D eigenvalue weighted by Gasteiger charge is -2.37. The third-order valence-corrected chi connectivity index (χ3v) is 4.75. The molecule has 3 aliphatic rings. The Morgan fingerprint density at radius 2 is 1.90 bits per heavy atom. The zero-order valence-corrected chi connectivity index (χ0v) is 12.5. The first-order chi connectivity index (χ1) is 10.1. The number of hydrogen-bond acceptors (Lipinski definition) is 3. The zero-order chi connectivity index (χ0) is 15.0. The van der Waals surface area contributed by atoms with E-state index < -0.39 is 0 Å². The molecule has 6 nitrogen and oxygen atoms in total. The van der Waals surface area contributed by atoms with Gasteiger partial charge in [0.15, 0.2) is 0 Å². The summed E-state index contributed by atoms with van der Waals surface area (Å²) < 4.78 is 0. The standard InChI is InChI=1S/C15H23N3O3/c1-2-11-13(19)16-7-9-18(11)15(21)12-4-3-8-17(12)14(20)10-5-6-10/h10-12H,2-9H2,1H3,(H,16,19). The maximum atomic E-state index is 12.8. The molecule has 116 valence electrons. The molecule has 2 aliphatic heterocycles. The van der Waals surface area contributed by atoms with Crippen LogP contribution in [0.5, 0.6) is 0 Å². The van der Waals surface area contributed by atoms with E-state index in [9.17, 15) is 14.4 Å². The van der Waals surface area contributed by atoms with Crippen molar-refractivity contribution in [2.75, 3.05) is 19.6 Å². The minimum absolute atomic E-state index is 0.0387. The van der Waals surface area contributed by atoms with Gasteiger partial charge in [-0.1, -0.05) is 6.92 Å². The second-order valence-electron chi connectivity index (χ2n) is 6.21. The first-order valence-corrected chi connectivity index (χ1v) is 8.02. The van der Waals surface area contributed by atoms with E-state index in [1.165, 1.54) is 0 Å². The average Bonchev–Trinajstić information content (AvgIpc) is 3.22. The molecular formula is C15H23N3O3. The van der Waals surface area contributed by atoms with Gasteiger partial charge in [-0.25, -0.2) is 0 Å². The summed E-state index contributed by atoms with van der Waals surface area (Å²) in [5, 5.41) is 2.81. The molecule has 0 spiro atoms. The van der Waals surface area contributed by atoms with Gasteiger partial charge in [0.05, 0.1) is 0 Å². The molecule has 0 bridgehead atoms. The van der Waals surface area contributed by atoms with Crippen LogP contribution in [0.4, 0.5) is 0 Å². The van der Waals surface area contributed by atoms with E-state index in [2.05, 4.69) is 5.32 Å². The van der Waals surface area contributed by atoms with Crippen molar-refractivity contribution in [3.8, 4) is 0 Å². The van der Waals surface area contributed by atoms with E-state index >= 15 is 0 Å². The number of carbonyl (C=O) groups is 3. The Balaban J connectivity index is 1.73. The summed E-state index contributed by atoms with van der Waals surface area (Å²) in [7, 11) is 0. The minimum atomic E-state index is -0.385. The highest BCUT2D eigenvalue weighted by molar-refractivity contribution is 5.94. The number of amides is 3. The van der Waals surface area contributed by atoms with Crippen molar-refractivity contribution in [3.63, 3.8) is 0 Å². The van der Waals surface area contributed by atoms with Crippen LogP contribution in [0.2, 0.25) is 0 Å². The van der Waals surface area contributed by atoms with Crippen molar-refractivity contribution in [2.24, 2.45) is 5.92 Å². The topological polar surface area (TPSA) is 69.7 Å². The quantitative estimate of drug-likeness (QED) is 0.804. The summed E-state index contributed by atoms with van der Waals surface area (Å²) in [6.07, 6.45) is 4.14. The second kappa shape index (κ2) is 5.66. The van der Waals surface area contributed by atoms with Crippen LogP contribution in [-0.2, 0) is 14.4 Å². The lowest BCUT2D eigenvalue weighted by molar-refractivity contribution is -0.150. The Morgan fingerprint density at radius 1 is 1.14 bits per heavy atom. The second-order valence-corrected chi connectivity index (χ2v) is 6.21. The van der Waals surface area contributed by atoms with Gasteiger partial charge in [0.25, 0.3) is 0 Å². The molecule has 1 saturated carbocycles. The molecule has 2 saturated heterocycles. The Hall–Kier alpha value is -1.59. The molecule has 6 heteroatoms. The van der Waals surface area contributed by atoms with Crippen LogP contribution in [0.25, 0.3) is 0 Å². The van der Waals surface area contributed by atoms with Gasteiger partial charge in [-0.2, -0.15) is 0 Å². The van der Waals surface area contributed by atoms with Gasteiger partial charge in [0, 0.05) is 25.6 Å². The van der Waals surface area contributed by atoms with Gasteiger partial charge in [0.2, 0.25) is 17.7 Å². The van der Waals surface area contributed by atoms with Crippen molar-refractivity contribution >= 4 is 17.7 Å². The molecule has 0 radical (unpaired) electrons. The number of nitrogens with zero attached hydrogens (tertiary/aromatic N) is 2. The minimum Gasteiger partial charge on any atom is -0.353 e. The summed E-state index contributed by atoms with van der Waals surface area (Å²) in [5.74, 6) is 0.170. The average molecular weight is 293 g/mol. The normalized spacial score (nSPS) is 29.5. The summed E-state index contributed by atoms with van der Waals surface area (Å²) in [6.45, 7) is 3.65. The molecule has 0 aromatic heterocycles. The number of hydrogen-bond donors (Lipinski definition) is 1. The van der Waals surface area contributed by atoms with Crippen molar-refractivity contribution in [2.45, 2.75) is 51.1 Å². The predicted octanol–water partition coefficient (Wildman–Crippen LogP) is 0.124. The molecule has 0 aromatic rings. The monoisotopic (exact) mass is 293 g/mol. The molecule has 2 unspecified atom stereocenters. The third-order valence-electron chi connectivity index (χ3n) is 4.75. The van der Waals surface area contributed by atoms with Gasteiger partial charge in [0.1, 0.15) is 12.1 Å². The van der Waals surface area contributed by atoms with Crippen molar-refractivity contribution in [1.29, 1.82) is 0 Å². The van der Waals surface area contributed by atoms with Crippen LogP contribution in [0.3, 0.4) is 0 Å². The highest BCUT2D eigenvalue weighted by atomic mass is 16.2. The zero-order valence-electron chi connectivity index (χ0n) is 12.5. The lowest BCUT2D eigenvalue weighted by atomic mass is 10.1. The lowest BCUT2D eigenvalue weighted by Crippen LogP contribution is -2.60. The molecule has 0 aromatic carbocycles. The smallest absolute Gasteiger partial charge is 0.246 e. The van der Waals surface area contributed by atoms with Gasteiger partial charge >= 0.3 is 0 Å². The van der Waals surface area contributed by atoms with Crippen molar-refractivity contribution < 1.29 is 14.4 Å². The van der Waals surface area contributed by atoms with E-state index in [4.69, 9.17) is 0 Å². The Morgan fingerprint density at radius 3 is 2.57 bits per heavy atom. The molecule has 21 heavy (non-hydrogen) atoms. The largest absolute Gasteiger partial charge is 0.353 e. The predicted molar refractivity (Wildman–Crippen MR) is 76.3 cm³/mol. The first kappa shape index (κ1) is 14.4. The Labute approximate surface area is 124 Å². The van der Waals surface area contributed by atoms with Crippen LogP contribution < -0.4 is 5.32 Å². The molecule has 1 aliphatic carbocycles. The van der Waals surface area contributed by atoms with Gasteiger partial charge in [-0.05, 0) is 32.1 Å². The summed E-state index contributed by atoms with van der Waals surface area (Å²) in [5.41, 5.74) is 0.